The second-order valence-electron chi connectivity index (χ2n) is 8.15. The number of hydrogen-bond acceptors (Lipinski definition) is 1. The van der Waals surface area contributed by atoms with Crippen LogP contribution in [0.5, 0.6) is 5.75 Å². The SMILES string of the molecule is CC1=C(C)C(C)(C)[C]([Zr][O]c2c(C(C)C)cccc2C(C)C)=C1C.Cl.Cl. The second-order valence-corrected chi connectivity index (χ2v) is 10.4. The number of halogens is 2. The molecule has 0 N–H and O–H groups in total. The van der Waals surface area contributed by atoms with E-state index >= 15 is 0 Å². The van der Waals surface area contributed by atoms with Crippen LogP contribution in [-0.2, 0) is 23.7 Å². The fourth-order valence-corrected chi connectivity index (χ4v) is 6.51. The average molecular weight is 477 g/mol. The fourth-order valence-electron chi connectivity index (χ4n) is 3.50. The molecule has 0 heterocycles. The summed E-state index contributed by atoms with van der Waals surface area (Å²) in [5.74, 6) is 2.16. The van der Waals surface area contributed by atoms with Gasteiger partial charge >= 0.3 is 161 Å². The van der Waals surface area contributed by atoms with E-state index in [1.807, 2.05) is 0 Å². The van der Waals surface area contributed by atoms with E-state index in [4.69, 9.17) is 2.81 Å². The first-order valence-electron chi connectivity index (χ1n) is 9.04. The normalized spacial score (nSPS) is 16.0. The van der Waals surface area contributed by atoms with Crippen molar-refractivity contribution in [3.8, 4) is 5.75 Å². The maximum Gasteiger partial charge on any atom is -0.147 e. The van der Waals surface area contributed by atoms with Gasteiger partial charge in [-0.15, -0.1) is 24.8 Å². The van der Waals surface area contributed by atoms with Gasteiger partial charge in [-0.25, -0.2) is 0 Å². The Bertz CT molecular complexity index is 674. The van der Waals surface area contributed by atoms with Crippen molar-refractivity contribution in [1.29, 1.82) is 0 Å². The van der Waals surface area contributed by atoms with E-state index in [1.54, 1.807) is 3.28 Å². The standard InChI is InChI=1S/C12H18O.C10H15.2ClH.Zr/c1-8(2)10-6-5-7-11(9(3)4)12(10)13;1-7-6-10(4,5)9(3)8(7)2;;;/h5-9,13H,1-4H3;1-5H3;2*1H;/q;;;;+1/p-1. The van der Waals surface area contributed by atoms with Crippen LogP contribution in [0.25, 0.3) is 0 Å². The van der Waals surface area contributed by atoms with E-state index in [2.05, 4.69) is 80.5 Å². The second kappa shape index (κ2) is 9.95. The fraction of sp³-hybridized carbons (Fsp3) is 0.545. The molecule has 0 aliphatic heterocycles. The summed E-state index contributed by atoms with van der Waals surface area (Å²) >= 11 is -1.12. The molecule has 0 saturated carbocycles. The molecule has 0 saturated heterocycles. The molecule has 1 aliphatic carbocycles. The van der Waals surface area contributed by atoms with Crippen molar-refractivity contribution in [2.75, 3.05) is 0 Å². The molecule has 0 atom stereocenters. The number of hydrogen-bond donors (Lipinski definition) is 0. The Morgan fingerprint density at radius 3 is 1.65 bits per heavy atom. The molecule has 1 aromatic rings. The van der Waals surface area contributed by atoms with Gasteiger partial charge in [-0.05, 0) is 0 Å². The topological polar surface area (TPSA) is 9.23 Å². The molecule has 0 amide bonds. The van der Waals surface area contributed by atoms with E-state index in [1.165, 1.54) is 33.6 Å². The molecular formula is C22H34Cl2OZr. The van der Waals surface area contributed by atoms with Crippen LogP contribution in [0.1, 0.15) is 85.3 Å². The molecule has 0 fully saturated rings. The molecule has 4 heteroatoms. The predicted molar refractivity (Wildman–Crippen MR) is 115 cm³/mol. The largest absolute Gasteiger partial charge is 0.147 e. The predicted octanol–water partition coefficient (Wildman–Crippen LogP) is 7.80. The Hall–Kier alpha value is -0.0369. The van der Waals surface area contributed by atoms with Gasteiger partial charge < -0.3 is 0 Å². The molecular weight excluding hydrogens is 442 g/mol. The summed E-state index contributed by atoms with van der Waals surface area (Å²) in [4.78, 5) is 0. The molecule has 0 aromatic heterocycles. The average Bonchev–Trinajstić information content (AvgIpc) is 2.65. The summed E-state index contributed by atoms with van der Waals surface area (Å²) in [6.45, 7) is 20.6. The van der Waals surface area contributed by atoms with Gasteiger partial charge in [-0.1, -0.05) is 0 Å². The van der Waals surface area contributed by atoms with Crippen LogP contribution in [-0.4, -0.2) is 0 Å². The Morgan fingerprint density at radius 2 is 1.31 bits per heavy atom. The van der Waals surface area contributed by atoms with Gasteiger partial charge in [0, 0.05) is 0 Å². The summed E-state index contributed by atoms with van der Waals surface area (Å²) in [7, 11) is 0. The van der Waals surface area contributed by atoms with E-state index in [-0.39, 0.29) is 30.2 Å². The van der Waals surface area contributed by atoms with Crippen molar-refractivity contribution >= 4 is 24.8 Å². The molecule has 0 spiro atoms. The molecule has 0 unspecified atom stereocenters. The van der Waals surface area contributed by atoms with Gasteiger partial charge in [0.25, 0.3) is 0 Å². The third-order valence-corrected chi connectivity index (χ3v) is 9.35. The molecule has 1 aromatic carbocycles. The van der Waals surface area contributed by atoms with E-state index in [0.29, 0.717) is 11.8 Å². The van der Waals surface area contributed by atoms with Crippen molar-refractivity contribution in [1.82, 2.24) is 0 Å². The third kappa shape index (κ3) is 4.87. The van der Waals surface area contributed by atoms with Crippen LogP contribution in [0, 0.1) is 5.41 Å². The molecule has 146 valence electrons. The van der Waals surface area contributed by atoms with Gasteiger partial charge in [0.2, 0.25) is 0 Å². The summed E-state index contributed by atoms with van der Waals surface area (Å²) in [5, 5.41) is 0. The quantitative estimate of drug-likeness (QED) is 0.421. The van der Waals surface area contributed by atoms with Crippen molar-refractivity contribution in [3.63, 3.8) is 0 Å². The van der Waals surface area contributed by atoms with Crippen molar-refractivity contribution in [3.05, 3.63) is 49.3 Å². The first-order valence-corrected chi connectivity index (χ1v) is 11.3. The molecule has 2 rings (SSSR count). The number of benzene rings is 1. The maximum atomic E-state index is 6.66. The molecule has 1 aliphatic rings. The zero-order chi connectivity index (χ0) is 18.2. The zero-order valence-electron chi connectivity index (χ0n) is 17.6. The van der Waals surface area contributed by atoms with Crippen molar-refractivity contribution < 1.29 is 26.5 Å². The minimum atomic E-state index is -1.12. The summed E-state index contributed by atoms with van der Waals surface area (Å²) in [5.41, 5.74) is 7.36. The van der Waals surface area contributed by atoms with Crippen LogP contribution in [0.15, 0.2) is 38.2 Å². The Morgan fingerprint density at radius 1 is 0.846 bits per heavy atom. The van der Waals surface area contributed by atoms with Gasteiger partial charge in [0.05, 0.1) is 0 Å². The molecule has 0 bridgehead atoms. The van der Waals surface area contributed by atoms with Crippen LogP contribution in [0.4, 0.5) is 0 Å². The Kier molecular flexibility index (Phi) is 9.93. The summed E-state index contributed by atoms with van der Waals surface area (Å²) in [6.07, 6.45) is 0. The van der Waals surface area contributed by atoms with E-state index < -0.39 is 23.7 Å². The molecule has 0 radical (unpaired) electrons. The Labute approximate surface area is 185 Å². The van der Waals surface area contributed by atoms with Crippen LogP contribution >= 0.6 is 24.8 Å². The Balaban J connectivity index is 0.00000312. The number of para-hydroxylation sites is 1. The maximum absolute atomic E-state index is 6.66. The van der Waals surface area contributed by atoms with E-state index in [0.717, 1.165) is 0 Å². The van der Waals surface area contributed by atoms with Crippen LogP contribution in [0.2, 0.25) is 0 Å². The van der Waals surface area contributed by atoms with Crippen LogP contribution in [0.3, 0.4) is 0 Å². The van der Waals surface area contributed by atoms with Gasteiger partial charge in [0.1, 0.15) is 0 Å². The minimum absolute atomic E-state index is 0. The molecule has 1 nitrogen and oxygen atoms in total. The first-order chi connectivity index (χ1) is 11.1. The van der Waals surface area contributed by atoms with E-state index in [9.17, 15) is 0 Å². The molecule has 26 heavy (non-hydrogen) atoms. The first kappa shape index (κ1) is 26.0. The van der Waals surface area contributed by atoms with Crippen LogP contribution < -0.4 is 2.81 Å². The van der Waals surface area contributed by atoms with Gasteiger partial charge in [0.15, 0.2) is 0 Å². The minimum Gasteiger partial charge on any atom is -0.147 e. The summed E-state index contributed by atoms with van der Waals surface area (Å²) in [6, 6.07) is 6.66. The van der Waals surface area contributed by atoms with Crippen molar-refractivity contribution in [2.24, 2.45) is 5.41 Å². The van der Waals surface area contributed by atoms with Crippen molar-refractivity contribution in [2.45, 2.75) is 74.1 Å². The summed E-state index contributed by atoms with van der Waals surface area (Å²) < 4.78 is 8.25. The number of allylic oxidation sites excluding steroid dienone is 4. The monoisotopic (exact) mass is 474 g/mol. The third-order valence-electron chi connectivity index (χ3n) is 5.64. The number of rotatable bonds is 5. The zero-order valence-corrected chi connectivity index (χ0v) is 21.7. The van der Waals surface area contributed by atoms with Gasteiger partial charge in [-0.2, -0.15) is 0 Å². The van der Waals surface area contributed by atoms with Gasteiger partial charge in [-0.3, -0.25) is 0 Å². The smallest absolute Gasteiger partial charge is 0.147 e.